The number of benzene rings is 1. The van der Waals surface area contributed by atoms with E-state index in [2.05, 4.69) is 0 Å². The number of primary amides is 1. The molecule has 0 spiro atoms. The molecule has 3 aliphatic rings. The molecule has 2 fully saturated rings. The van der Waals surface area contributed by atoms with Crippen LogP contribution >= 0.6 is 0 Å². The van der Waals surface area contributed by atoms with Gasteiger partial charge in [0.15, 0.2) is 0 Å². The first-order chi connectivity index (χ1) is 16.9. The maximum atomic E-state index is 13.9. The average Bonchev–Trinajstić information content (AvgIpc) is 3.42. The number of hydrogen-bond donors (Lipinski definition) is 2. The highest BCUT2D eigenvalue weighted by Crippen LogP contribution is 2.44. The van der Waals surface area contributed by atoms with Crippen LogP contribution in [0.4, 0.5) is 0 Å². The van der Waals surface area contributed by atoms with E-state index in [1.54, 1.807) is 17.0 Å². The van der Waals surface area contributed by atoms with Gasteiger partial charge in [0.05, 0.1) is 22.6 Å². The molecule has 4 rings (SSSR count). The van der Waals surface area contributed by atoms with Crippen molar-refractivity contribution in [2.75, 3.05) is 13.1 Å². The number of amides is 5. The van der Waals surface area contributed by atoms with Crippen LogP contribution in [0.3, 0.4) is 0 Å². The summed E-state index contributed by atoms with van der Waals surface area (Å²) >= 11 is 0. The fraction of sp³-hybridized carbons (Fsp3) is 0.520. The summed E-state index contributed by atoms with van der Waals surface area (Å²) in [6.07, 6.45) is 1.13. The van der Waals surface area contributed by atoms with E-state index >= 15 is 0 Å². The molecule has 3 heterocycles. The lowest BCUT2D eigenvalue weighted by molar-refractivity contribution is -0.178. The molecule has 0 aromatic heterocycles. The van der Waals surface area contributed by atoms with E-state index in [0.717, 1.165) is 9.80 Å². The van der Waals surface area contributed by atoms with E-state index in [1.807, 2.05) is 0 Å². The largest absolute Gasteiger partial charge is 0.481 e. The van der Waals surface area contributed by atoms with Crippen molar-refractivity contribution in [2.45, 2.75) is 63.6 Å². The minimum Gasteiger partial charge on any atom is -0.481 e. The maximum absolute atomic E-state index is 13.9. The Morgan fingerprint density at radius 1 is 1.03 bits per heavy atom. The van der Waals surface area contributed by atoms with Crippen molar-refractivity contribution >= 4 is 35.5 Å². The quantitative estimate of drug-likeness (QED) is 0.518. The van der Waals surface area contributed by atoms with Gasteiger partial charge in [-0.1, -0.05) is 12.1 Å². The predicted molar refractivity (Wildman–Crippen MR) is 125 cm³/mol. The number of likely N-dealkylation sites (tertiary alicyclic amines) is 2. The van der Waals surface area contributed by atoms with Gasteiger partial charge in [-0.25, -0.2) is 0 Å². The summed E-state index contributed by atoms with van der Waals surface area (Å²) in [5.41, 5.74) is 2.61. The van der Waals surface area contributed by atoms with Crippen LogP contribution < -0.4 is 5.73 Å². The number of carbonyl (C=O) groups excluding carboxylic acids is 5. The van der Waals surface area contributed by atoms with Gasteiger partial charge in [-0.05, 0) is 65.3 Å². The molecule has 0 aliphatic carbocycles. The van der Waals surface area contributed by atoms with Crippen molar-refractivity contribution in [3.8, 4) is 0 Å². The predicted octanol–water partition coefficient (Wildman–Crippen LogP) is 0.619. The molecule has 11 nitrogen and oxygen atoms in total. The summed E-state index contributed by atoms with van der Waals surface area (Å²) in [4.78, 5) is 82.2. The van der Waals surface area contributed by atoms with Crippen LogP contribution in [-0.4, -0.2) is 85.5 Å². The minimum absolute atomic E-state index is 0.0719. The summed E-state index contributed by atoms with van der Waals surface area (Å²) in [6, 6.07) is 4.93. The molecule has 11 heteroatoms. The molecule has 1 unspecified atom stereocenters. The monoisotopic (exact) mass is 498 g/mol. The van der Waals surface area contributed by atoms with Crippen LogP contribution in [0.2, 0.25) is 0 Å². The number of aliphatic carboxylic acids is 1. The van der Waals surface area contributed by atoms with Crippen molar-refractivity contribution in [1.82, 2.24) is 14.7 Å². The Morgan fingerprint density at radius 2 is 1.56 bits per heavy atom. The van der Waals surface area contributed by atoms with Gasteiger partial charge in [0.2, 0.25) is 11.8 Å². The third-order valence-electron chi connectivity index (χ3n) is 7.99. The van der Waals surface area contributed by atoms with Gasteiger partial charge in [0.1, 0.15) is 11.6 Å². The second kappa shape index (κ2) is 8.81. The summed E-state index contributed by atoms with van der Waals surface area (Å²) in [6.45, 7) is 4.98. The molecule has 192 valence electrons. The Labute approximate surface area is 208 Å². The Balaban J connectivity index is 1.80. The van der Waals surface area contributed by atoms with Crippen molar-refractivity contribution in [3.05, 3.63) is 35.4 Å². The van der Waals surface area contributed by atoms with E-state index in [1.165, 1.54) is 32.9 Å². The molecular weight excluding hydrogens is 468 g/mol. The highest BCUT2D eigenvalue weighted by molar-refractivity contribution is 6.23. The van der Waals surface area contributed by atoms with E-state index in [4.69, 9.17) is 5.73 Å². The third kappa shape index (κ3) is 3.36. The molecule has 5 amide bonds. The molecular formula is C25H30N4O7. The molecule has 0 radical (unpaired) electrons. The molecule has 0 saturated carbocycles. The van der Waals surface area contributed by atoms with Gasteiger partial charge < -0.3 is 10.8 Å². The summed E-state index contributed by atoms with van der Waals surface area (Å²) < 4.78 is 0. The topological polar surface area (TPSA) is 158 Å². The number of carboxylic acids is 1. The maximum Gasteiger partial charge on any atom is 0.308 e. The molecule has 2 saturated heterocycles. The second-order valence-corrected chi connectivity index (χ2v) is 10.1. The van der Waals surface area contributed by atoms with Gasteiger partial charge >= 0.3 is 5.97 Å². The van der Waals surface area contributed by atoms with Crippen molar-refractivity contribution in [3.63, 3.8) is 0 Å². The normalized spacial score (nSPS) is 23.6. The van der Waals surface area contributed by atoms with Gasteiger partial charge in [-0.2, -0.15) is 0 Å². The minimum atomic E-state index is -1.93. The number of rotatable bonds is 7. The highest BCUT2D eigenvalue weighted by atomic mass is 16.4. The van der Waals surface area contributed by atoms with Gasteiger partial charge in [-0.3, -0.25) is 43.5 Å². The molecule has 3 N–H and O–H groups in total. The molecule has 0 bridgehead atoms. The standard InChI is InChI=1S/C25H30N4O7/c1-14(22(34)35)25(23(26)36,27-12-6-7-13-27)24(2,3)29-18(30)11-10-17(21(29)33)28-19(31)15-8-4-5-9-16(15)20(28)32/h4-5,8-9,14,17H,6-7,10-13H2,1-3H3,(H2,26,36)(H,34,35)/t14?,17-,25+/m0/s1. The first-order valence-corrected chi connectivity index (χ1v) is 12.0. The zero-order valence-corrected chi connectivity index (χ0v) is 20.5. The molecule has 1 aromatic rings. The van der Waals surface area contributed by atoms with Gasteiger partial charge in [0, 0.05) is 6.42 Å². The van der Waals surface area contributed by atoms with E-state index in [0.29, 0.717) is 25.9 Å². The van der Waals surface area contributed by atoms with Gasteiger partial charge in [0.25, 0.3) is 17.7 Å². The zero-order chi connectivity index (χ0) is 26.6. The molecule has 36 heavy (non-hydrogen) atoms. The second-order valence-electron chi connectivity index (χ2n) is 10.1. The molecule has 3 atom stereocenters. The number of piperidine rings is 1. The van der Waals surface area contributed by atoms with Gasteiger partial charge in [-0.15, -0.1) is 0 Å². The lowest BCUT2D eigenvalue weighted by Crippen LogP contribution is -2.79. The van der Waals surface area contributed by atoms with Crippen LogP contribution in [-0.2, 0) is 19.2 Å². The van der Waals surface area contributed by atoms with E-state index in [9.17, 15) is 33.9 Å². The number of nitrogens with two attached hydrogens (primary N) is 1. The first kappa shape index (κ1) is 25.5. The summed E-state index contributed by atoms with van der Waals surface area (Å²) in [5.74, 6) is -6.38. The number of carbonyl (C=O) groups is 6. The zero-order valence-electron chi connectivity index (χ0n) is 20.5. The lowest BCUT2D eigenvalue weighted by atomic mass is 9.67. The lowest BCUT2D eigenvalue weighted by Gasteiger charge is -2.56. The Hall–Kier alpha value is -3.60. The van der Waals surface area contributed by atoms with Crippen molar-refractivity contribution in [1.29, 1.82) is 0 Å². The van der Waals surface area contributed by atoms with Crippen LogP contribution in [0.15, 0.2) is 24.3 Å². The van der Waals surface area contributed by atoms with E-state index < -0.39 is 58.5 Å². The van der Waals surface area contributed by atoms with Crippen LogP contribution in [0.25, 0.3) is 0 Å². The summed E-state index contributed by atoms with van der Waals surface area (Å²) in [5, 5.41) is 9.99. The summed E-state index contributed by atoms with van der Waals surface area (Å²) in [7, 11) is 0. The average molecular weight is 499 g/mol. The molecule has 3 aliphatic heterocycles. The number of imide groups is 2. The smallest absolute Gasteiger partial charge is 0.308 e. The highest BCUT2D eigenvalue weighted by Gasteiger charge is 2.65. The number of hydrogen-bond acceptors (Lipinski definition) is 7. The Kier molecular flexibility index (Phi) is 6.24. The Morgan fingerprint density at radius 3 is 2.03 bits per heavy atom. The van der Waals surface area contributed by atoms with Crippen LogP contribution in [0, 0.1) is 5.92 Å². The van der Waals surface area contributed by atoms with Crippen LogP contribution in [0.5, 0.6) is 0 Å². The first-order valence-electron chi connectivity index (χ1n) is 12.0. The molecule has 1 aromatic carbocycles. The number of fused-ring (bicyclic) bond motifs is 1. The van der Waals surface area contributed by atoms with Crippen molar-refractivity contribution in [2.24, 2.45) is 11.7 Å². The fourth-order valence-corrected chi connectivity index (χ4v) is 6.37. The number of nitrogens with zero attached hydrogens (tertiary/aromatic N) is 3. The fourth-order valence-electron chi connectivity index (χ4n) is 6.37. The van der Waals surface area contributed by atoms with Crippen LogP contribution in [0.1, 0.15) is 67.2 Å². The Bertz CT molecular complexity index is 1140. The van der Waals surface area contributed by atoms with Crippen molar-refractivity contribution < 1.29 is 33.9 Å². The van der Waals surface area contributed by atoms with E-state index in [-0.39, 0.29) is 24.0 Å². The third-order valence-corrected chi connectivity index (χ3v) is 7.99. The number of carboxylic acid groups (broad SMARTS) is 1. The SMILES string of the molecule is CC(C(=O)O)[C@](C(N)=O)(N1CCCC1)C(C)(C)N1C(=O)CC[C@H](N2C(=O)c3ccccc3C2=O)C1=O.